The van der Waals surface area contributed by atoms with E-state index in [1.165, 1.54) is 0 Å². The maximum absolute atomic E-state index is 11.3. The van der Waals surface area contributed by atoms with E-state index in [4.69, 9.17) is 9.84 Å². The number of carbonyl (C=O) groups is 1. The second kappa shape index (κ2) is 6.27. The lowest BCUT2D eigenvalue weighted by Crippen LogP contribution is -2.64. The van der Waals surface area contributed by atoms with Crippen LogP contribution in [0.15, 0.2) is 0 Å². The van der Waals surface area contributed by atoms with Crippen LogP contribution >= 0.6 is 0 Å². The molecule has 1 amide bonds. The van der Waals surface area contributed by atoms with Crippen molar-refractivity contribution in [3.63, 3.8) is 0 Å². The number of aliphatic hydroxyl groups excluding tert-OH is 4. The number of amides is 1. The molecule has 1 saturated heterocycles. The van der Waals surface area contributed by atoms with E-state index in [2.05, 4.69) is 5.32 Å². The Morgan fingerprint density at radius 1 is 1.29 bits per heavy atom. The van der Waals surface area contributed by atoms with E-state index in [9.17, 15) is 20.1 Å². The predicted molar refractivity (Wildman–Crippen MR) is 56.8 cm³/mol. The van der Waals surface area contributed by atoms with E-state index < -0.39 is 37.3 Å². The lowest BCUT2D eigenvalue weighted by Gasteiger charge is -2.40. The Morgan fingerprint density at radius 2 is 1.94 bits per heavy atom. The van der Waals surface area contributed by atoms with Gasteiger partial charge < -0.3 is 30.5 Å². The maximum atomic E-state index is 11.3. The highest BCUT2D eigenvalue weighted by Crippen LogP contribution is 2.19. The summed E-state index contributed by atoms with van der Waals surface area (Å²) in [5, 5.41) is 40.1. The Kier molecular flexibility index (Phi) is 5.29. The van der Waals surface area contributed by atoms with Gasteiger partial charge in [0, 0.05) is 6.42 Å². The summed E-state index contributed by atoms with van der Waals surface area (Å²) in [6, 6.07) is -1.09. The number of carbonyl (C=O) groups excluding carboxylic acids is 1. The highest BCUT2D eigenvalue weighted by atomic mass is 16.6. The molecule has 0 bridgehead atoms. The van der Waals surface area contributed by atoms with E-state index in [0.29, 0.717) is 6.42 Å². The minimum Gasteiger partial charge on any atom is -0.394 e. The van der Waals surface area contributed by atoms with Gasteiger partial charge in [0.1, 0.15) is 24.4 Å². The number of nitrogens with one attached hydrogen (secondary N) is 1. The van der Waals surface area contributed by atoms with Crippen LogP contribution in [0.1, 0.15) is 19.8 Å². The normalized spacial score (nSPS) is 37.8. The zero-order chi connectivity index (χ0) is 13.0. The van der Waals surface area contributed by atoms with Gasteiger partial charge in [0.15, 0.2) is 6.29 Å². The van der Waals surface area contributed by atoms with Crippen molar-refractivity contribution >= 4 is 5.91 Å². The second-order valence-corrected chi connectivity index (χ2v) is 4.07. The van der Waals surface area contributed by atoms with Gasteiger partial charge in [0.2, 0.25) is 5.91 Å². The Bertz CT molecular complexity index is 261. The third-order valence-electron chi connectivity index (χ3n) is 2.70. The smallest absolute Gasteiger partial charge is 0.220 e. The molecule has 0 saturated carbocycles. The van der Waals surface area contributed by atoms with Gasteiger partial charge in [-0.25, -0.2) is 0 Å². The van der Waals surface area contributed by atoms with Crippen LogP contribution in [0.4, 0.5) is 0 Å². The molecule has 5 atom stereocenters. The molecule has 0 aromatic carbocycles. The molecule has 3 unspecified atom stereocenters. The zero-order valence-corrected chi connectivity index (χ0v) is 9.61. The van der Waals surface area contributed by atoms with Gasteiger partial charge in [0.25, 0.3) is 0 Å². The van der Waals surface area contributed by atoms with Crippen molar-refractivity contribution in [2.45, 2.75) is 50.4 Å². The first-order valence-corrected chi connectivity index (χ1v) is 5.61. The van der Waals surface area contributed by atoms with E-state index in [1.54, 1.807) is 0 Å². The molecule has 1 rings (SSSR count). The number of hydrogen-bond donors (Lipinski definition) is 5. The van der Waals surface area contributed by atoms with Crippen molar-refractivity contribution in [2.24, 2.45) is 0 Å². The van der Waals surface area contributed by atoms with Crippen LogP contribution in [0.2, 0.25) is 0 Å². The van der Waals surface area contributed by atoms with Crippen molar-refractivity contribution in [1.29, 1.82) is 0 Å². The van der Waals surface area contributed by atoms with Crippen molar-refractivity contribution in [3.05, 3.63) is 0 Å². The van der Waals surface area contributed by atoms with Gasteiger partial charge in [-0.1, -0.05) is 6.92 Å². The molecule has 0 aliphatic carbocycles. The Hall–Kier alpha value is -0.730. The highest BCUT2D eigenvalue weighted by molar-refractivity contribution is 5.76. The summed E-state index contributed by atoms with van der Waals surface area (Å²) in [7, 11) is 0. The predicted octanol–water partition coefficient (Wildman–Crippen LogP) is -2.30. The summed E-state index contributed by atoms with van der Waals surface area (Å²) in [6.45, 7) is 1.30. The van der Waals surface area contributed by atoms with Gasteiger partial charge in [-0.15, -0.1) is 0 Å². The van der Waals surface area contributed by atoms with Crippen molar-refractivity contribution < 1.29 is 30.0 Å². The molecule has 17 heavy (non-hydrogen) atoms. The van der Waals surface area contributed by atoms with Crippen LogP contribution < -0.4 is 5.32 Å². The molecular formula is C10H19NO6. The minimum atomic E-state index is -1.45. The number of rotatable bonds is 4. The second-order valence-electron chi connectivity index (χ2n) is 4.07. The standard InChI is InChI=1S/C10H19NO6/c1-2-3-6(13)11-7-9(15)8(14)5(4-12)17-10(7)16/h5,7-10,12,14-16H,2-4H2,1H3,(H,11,13)/t5?,7-,8+,9?,10?/m0/s1. The fourth-order valence-corrected chi connectivity index (χ4v) is 1.74. The van der Waals surface area contributed by atoms with Gasteiger partial charge in [-0.2, -0.15) is 0 Å². The fraction of sp³-hybridized carbons (Fsp3) is 0.900. The number of aliphatic hydroxyl groups is 4. The number of hydrogen-bond acceptors (Lipinski definition) is 6. The van der Waals surface area contributed by atoms with E-state index in [0.717, 1.165) is 0 Å². The quantitative estimate of drug-likeness (QED) is 0.382. The lowest BCUT2D eigenvalue weighted by atomic mass is 9.97. The van der Waals surface area contributed by atoms with Crippen LogP contribution in [0.5, 0.6) is 0 Å². The van der Waals surface area contributed by atoms with Crippen molar-refractivity contribution in [2.75, 3.05) is 6.61 Å². The third kappa shape index (κ3) is 3.36. The zero-order valence-electron chi connectivity index (χ0n) is 9.61. The van der Waals surface area contributed by atoms with Crippen LogP contribution in [0.3, 0.4) is 0 Å². The van der Waals surface area contributed by atoms with Crippen LogP contribution in [0, 0.1) is 0 Å². The average Bonchev–Trinajstić information content (AvgIpc) is 2.29. The first-order valence-electron chi connectivity index (χ1n) is 5.61. The Morgan fingerprint density at radius 3 is 2.47 bits per heavy atom. The molecule has 1 aliphatic heterocycles. The van der Waals surface area contributed by atoms with Gasteiger partial charge in [-0.3, -0.25) is 4.79 Å². The summed E-state index contributed by atoms with van der Waals surface area (Å²) >= 11 is 0. The minimum absolute atomic E-state index is 0.259. The first kappa shape index (κ1) is 14.3. The fourth-order valence-electron chi connectivity index (χ4n) is 1.74. The molecule has 7 nitrogen and oxygen atoms in total. The third-order valence-corrected chi connectivity index (χ3v) is 2.70. The molecular weight excluding hydrogens is 230 g/mol. The Labute approximate surface area is 99.0 Å². The molecule has 0 radical (unpaired) electrons. The Balaban J connectivity index is 2.63. The molecule has 7 heteroatoms. The molecule has 0 spiro atoms. The lowest BCUT2D eigenvalue weighted by molar-refractivity contribution is -0.253. The molecule has 1 fully saturated rings. The highest BCUT2D eigenvalue weighted by Gasteiger charge is 2.44. The van der Waals surface area contributed by atoms with Crippen LogP contribution in [0.25, 0.3) is 0 Å². The van der Waals surface area contributed by atoms with Gasteiger partial charge in [0.05, 0.1) is 6.61 Å². The summed E-state index contributed by atoms with van der Waals surface area (Å²) in [5.74, 6) is -0.339. The molecule has 1 heterocycles. The summed E-state index contributed by atoms with van der Waals surface area (Å²) in [6.07, 6.45) is -4.35. The number of ether oxygens (including phenoxy) is 1. The molecule has 0 aromatic rings. The summed E-state index contributed by atoms with van der Waals surface area (Å²) in [5.41, 5.74) is 0. The monoisotopic (exact) mass is 249 g/mol. The van der Waals surface area contributed by atoms with E-state index in [1.807, 2.05) is 6.92 Å². The maximum Gasteiger partial charge on any atom is 0.220 e. The molecule has 100 valence electrons. The van der Waals surface area contributed by atoms with Gasteiger partial charge in [-0.05, 0) is 6.42 Å². The van der Waals surface area contributed by atoms with Crippen molar-refractivity contribution in [3.8, 4) is 0 Å². The SMILES string of the molecule is CCCC(=O)N[C@@H]1C(O)OC(CO)[C@@H](O)C1O. The molecule has 0 aromatic heterocycles. The average molecular weight is 249 g/mol. The largest absolute Gasteiger partial charge is 0.394 e. The topological polar surface area (TPSA) is 119 Å². The van der Waals surface area contributed by atoms with E-state index in [-0.39, 0.29) is 12.3 Å². The van der Waals surface area contributed by atoms with Crippen LogP contribution in [-0.4, -0.2) is 63.6 Å². The van der Waals surface area contributed by atoms with Gasteiger partial charge >= 0.3 is 0 Å². The summed E-state index contributed by atoms with van der Waals surface area (Å²) < 4.78 is 4.89. The first-order chi connectivity index (χ1) is 8.01. The van der Waals surface area contributed by atoms with Crippen LogP contribution in [-0.2, 0) is 9.53 Å². The molecule has 1 aliphatic rings. The van der Waals surface area contributed by atoms with Crippen molar-refractivity contribution in [1.82, 2.24) is 5.32 Å². The molecule has 5 N–H and O–H groups in total. The summed E-state index contributed by atoms with van der Waals surface area (Å²) in [4.78, 5) is 11.3. The van der Waals surface area contributed by atoms with E-state index >= 15 is 0 Å².